The van der Waals surface area contributed by atoms with Crippen LogP contribution in [0, 0.1) is 0 Å². The van der Waals surface area contributed by atoms with Crippen molar-refractivity contribution in [3.8, 4) is 0 Å². The van der Waals surface area contributed by atoms with E-state index in [1.807, 2.05) is 20.0 Å². The first-order chi connectivity index (χ1) is 7.72. The molecule has 2 aromatic rings. The second-order valence-corrected chi connectivity index (χ2v) is 3.94. The van der Waals surface area contributed by atoms with E-state index in [9.17, 15) is 0 Å². The standard InChI is InChI=1S/C12H16N2.C2H6/c1-4-14-6-5-10-7-11(9(2)3)8-13-12(10)14;1-2/h5-9H,4H2,1-3H3;1-2H3. The van der Waals surface area contributed by atoms with Gasteiger partial charge in [-0.25, -0.2) is 4.98 Å². The second-order valence-electron chi connectivity index (χ2n) is 3.94. The maximum absolute atomic E-state index is 4.50. The molecule has 0 aliphatic rings. The minimum absolute atomic E-state index is 0.553. The Bertz CT molecular complexity index is 441. The largest absolute Gasteiger partial charge is 0.333 e. The summed E-state index contributed by atoms with van der Waals surface area (Å²) >= 11 is 0. The van der Waals surface area contributed by atoms with E-state index in [0.29, 0.717) is 5.92 Å². The van der Waals surface area contributed by atoms with Crippen LogP contribution < -0.4 is 0 Å². The van der Waals surface area contributed by atoms with Crippen LogP contribution in [0.5, 0.6) is 0 Å². The van der Waals surface area contributed by atoms with Gasteiger partial charge in [-0.1, -0.05) is 27.7 Å². The van der Waals surface area contributed by atoms with Gasteiger partial charge in [-0.15, -0.1) is 0 Å². The maximum atomic E-state index is 4.50. The molecule has 2 aromatic heterocycles. The third-order valence-corrected chi connectivity index (χ3v) is 2.63. The Balaban J connectivity index is 0.000000606. The fourth-order valence-corrected chi connectivity index (χ4v) is 1.67. The Morgan fingerprint density at radius 2 is 2.00 bits per heavy atom. The molecule has 0 bridgehead atoms. The third-order valence-electron chi connectivity index (χ3n) is 2.63. The molecule has 16 heavy (non-hydrogen) atoms. The van der Waals surface area contributed by atoms with Crippen LogP contribution in [0.1, 0.15) is 46.1 Å². The number of aryl methyl sites for hydroxylation is 1. The molecular weight excluding hydrogens is 196 g/mol. The highest BCUT2D eigenvalue weighted by Gasteiger charge is 2.04. The Labute approximate surface area is 98.3 Å². The van der Waals surface area contributed by atoms with E-state index in [-0.39, 0.29) is 0 Å². The number of pyridine rings is 1. The fourth-order valence-electron chi connectivity index (χ4n) is 1.67. The molecule has 0 radical (unpaired) electrons. The smallest absolute Gasteiger partial charge is 0.139 e. The van der Waals surface area contributed by atoms with E-state index >= 15 is 0 Å². The molecule has 2 heteroatoms. The topological polar surface area (TPSA) is 17.8 Å². The lowest BCUT2D eigenvalue weighted by atomic mass is 10.1. The zero-order valence-corrected chi connectivity index (χ0v) is 11.0. The summed E-state index contributed by atoms with van der Waals surface area (Å²) in [5.41, 5.74) is 2.41. The predicted octanol–water partition coefficient (Wildman–Crippen LogP) is 4.21. The van der Waals surface area contributed by atoms with E-state index in [1.165, 1.54) is 10.9 Å². The zero-order valence-electron chi connectivity index (χ0n) is 11.0. The average Bonchev–Trinajstić information content (AvgIpc) is 2.73. The highest BCUT2D eigenvalue weighted by atomic mass is 15.0. The average molecular weight is 218 g/mol. The number of fused-ring (bicyclic) bond motifs is 1. The van der Waals surface area contributed by atoms with Crippen LogP contribution in [0.2, 0.25) is 0 Å². The SMILES string of the molecule is CC.CCn1ccc2cc(C(C)C)cnc21. The van der Waals surface area contributed by atoms with Crippen LogP contribution in [0.15, 0.2) is 24.5 Å². The summed E-state index contributed by atoms with van der Waals surface area (Å²) in [7, 11) is 0. The van der Waals surface area contributed by atoms with Crippen LogP contribution in [-0.4, -0.2) is 9.55 Å². The van der Waals surface area contributed by atoms with Crippen LogP contribution in [0.25, 0.3) is 11.0 Å². The van der Waals surface area contributed by atoms with Gasteiger partial charge in [0.05, 0.1) is 0 Å². The summed E-state index contributed by atoms with van der Waals surface area (Å²) in [4.78, 5) is 4.50. The van der Waals surface area contributed by atoms with Crippen molar-refractivity contribution in [2.24, 2.45) is 0 Å². The Kier molecular flexibility index (Phi) is 4.53. The van der Waals surface area contributed by atoms with E-state index in [2.05, 4.69) is 48.7 Å². The Morgan fingerprint density at radius 3 is 2.56 bits per heavy atom. The van der Waals surface area contributed by atoms with Gasteiger partial charge < -0.3 is 4.57 Å². The summed E-state index contributed by atoms with van der Waals surface area (Å²) < 4.78 is 2.17. The summed E-state index contributed by atoms with van der Waals surface area (Å²) in [6, 6.07) is 4.37. The first-order valence-corrected chi connectivity index (χ1v) is 6.17. The van der Waals surface area contributed by atoms with Crippen LogP contribution in [-0.2, 0) is 6.54 Å². The number of hydrogen-bond acceptors (Lipinski definition) is 1. The molecule has 0 fully saturated rings. The summed E-state index contributed by atoms with van der Waals surface area (Å²) in [6.45, 7) is 11.5. The molecule has 0 spiro atoms. The second kappa shape index (κ2) is 5.69. The molecule has 2 rings (SSSR count). The molecule has 0 saturated heterocycles. The number of rotatable bonds is 2. The summed E-state index contributed by atoms with van der Waals surface area (Å²) in [5.74, 6) is 0.553. The molecule has 0 aliphatic heterocycles. The van der Waals surface area contributed by atoms with Gasteiger partial charge in [0.15, 0.2) is 0 Å². The molecule has 88 valence electrons. The minimum Gasteiger partial charge on any atom is -0.333 e. The molecular formula is C14H22N2. The van der Waals surface area contributed by atoms with Gasteiger partial charge in [0, 0.05) is 24.3 Å². The van der Waals surface area contributed by atoms with Gasteiger partial charge in [0.25, 0.3) is 0 Å². The molecule has 0 amide bonds. The van der Waals surface area contributed by atoms with E-state index in [1.54, 1.807) is 0 Å². The van der Waals surface area contributed by atoms with Crippen molar-refractivity contribution in [1.29, 1.82) is 0 Å². The molecule has 0 unspecified atom stereocenters. The predicted molar refractivity (Wildman–Crippen MR) is 70.8 cm³/mol. The third kappa shape index (κ3) is 2.43. The normalized spacial score (nSPS) is 10.4. The lowest BCUT2D eigenvalue weighted by molar-refractivity contribution is 0.785. The molecule has 0 saturated carbocycles. The van der Waals surface area contributed by atoms with Gasteiger partial charge in [-0.05, 0) is 30.5 Å². The lowest BCUT2D eigenvalue weighted by Crippen LogP contribution is -1.94. The minimum atomic E-state index is 0.553. The first-order valence-electron chi connectivity index (χ1n) is 6.17. The molecule has 0 aliphatic carbocycles. The first kappa shape index (κ1) is 12.8. The summed E-state index contributed by atoms with van der Waals surface area (Å²) in [6.07, 6.45) is 4.08. The van der Waals surface area contributed by atoms with E-state index in [4.69, 9.17) is 0 Å². The Morgan fingerprint density at radius 1 is 1.31 bits per heavy atom. The van der Waals surface area contributed by atoms with Crippen LogP contribution >= 0.6 is 0 Å². The van der Waals surface area contributed by atoms with Gasteiger partial charge in [-0.3, -0.25) is 0 Å². The van der Waals surface area contributed by atoms with Crippen molar-refractivity contribution in [1.82, 2.24) is 9.55 Å². The highest BCUT2D eigenvalue weighted by Crippen LogP contribution is 2.19. The number of nitrogens with zero attached hydrogens (tertiary/aromatic N) is 2. The molecule has 2 heterocycles. The van der Waals surface area contributed by atoms with Gasteiger partial charge in [0.1, 0.15) is 5.65 Å². The van der Waals surface area contributed by atoms with Crippen molar-refractivity contribution in [2.45, 2.75) is 47.1 Å². The van der Waals surface area contributed by atoms with Crippen LogP contribution in [0.4, 0.5) is 0 Å². The summed E-state index contributed by atoms with van der Waals surface area (Å²) in [5, 5.41) is 1.25. The molecule has 0 N–H and O–H groups in total. The number of aromatic nitrogens is 2. The fraction of sp³-hybridized carbons (Fsp3) is 0.500. The van der Waals surface area contributed by atoms with Gasteiger partial charge in [-0.2, -0.15) is 0 Å². The van der Waals surface area contributed by atoms with Crippen molar-refractivity contribution >= 4 is 11.0 Å². The molecule has 0 aromatic carbocycles. The van der Waals surface area contributed by atoms with Gasteiger partial charge >= 0.3 is 0 Å². The molecule has 2 nitrogen and oxygen atoms in total. The quantitative estimate of drug-likeness (QED) is 0.738. The van der Waals surface area contributed by atoms with Crippen molar-refractivity contribution in [3.63, 3.8) is 0 Å². The van der Waals surface area contributed by atoms with Gasteiger partial charge in [0.2, 0.25) is 0 Å². The Hall–Kier alpha value is -1.31. The van der Waals surface area contributed by atoms with E-state index < -0.39 is 0 Å². The maximum Gasteiger partial charge on any atom is 0.139 e. The van der Waals surface area contributed by atoms with Crippen molar-refractivity contribution in [3.05, 3.63) is 30.1 Å². The lowest BCUT2D eigenvalue weighted by Gasteiger charge is -2.05. The number of hydrogen-bond donors (Lipinski definition) is 0. The zero-order chi connectivity index (χ0) is 12.1. The van der Waals surface area contributed by atoms with Crippen molar-refractivity contribution < 1.29 is 0 Å². The molecule has 0 atom stereocenters. The van der Waals surface area contributed by atoms with Crippen molar-refractivity contribution in [2.75, 3.05) is 0 Å². The van der Waals surface area contributed by atoms with E-state index in [0.717, 1.165) is 12.2 Å². The van der Waals surface area contributed by atoms with Crippen LogP contribution in [0.3, 0.4) is 0 Å². The monoisotopic (exact) mass is 218 g/mol. The highest BCUT2D eigenvalue weighted by molar-refractivity contribution is 5.76.